The third kappa shape index (κ3) is 1.80. The van der Waals surface area contributed by atoms with Gasteiger partial charge in [0, 0.05) is 6.42 Å². The molecular formula is C18H22N4O2. The number of hydrogen-bond donors (Lipinski definition) is 1. The summed E-state index contributed by atoms with van der Waals surface area (Å²) < 4.78 is 12.2. The maximum atomic E-state index is 10.1. The first-order chi connectivity index (χ1) is 11.6. The summed E-state index contributed by atoms with van der Waals surface area (Å²) in [5.41, 5.74) is -3.23. The molecule has 2 saturated heterocycles. The maximum absolute atomic E-state index is 10.1. The second-order valence-corrected chi connectivity index (χ2v) is 7.10. The zero-order valence-electron chi connectivity index (χ0n) is 14.0. The lowest BCUT2D eigenvalue weighted by atomic mass is 9.52. The average molecular weight is 326 g/mol. The number of nitrogens with zero attached hydrogens (tertiary/aromatic N) is 3. The van der Waals surface area contributed by atoms with Gasteiger partial charge in [-0.15, -0.1) is 0 Å². The third-order valence-electron chi connectivity index (χ3n) is 5.98. The smallest absolute Gasteiger partial charge is 0.217 e. The topological polar surface area (TPSA) is 114 Å². The quantitative estimate of drug-likeness (QED) is 0.835. The van der Waals surface area contributed by atoms with Gasteiger partial charge in [-0.05, 0) is 19.3 Å². The van der Waals surface area contributed by atoms with E-state index in [1.54, 1.807) is 0 Å². The van der Waals surface area contributed by atoms with Gasteiger partial charge in [0.05, 0.1) is 30.2 Å². The SMILES string of the molecule is CCCC1OC23CCCCCCC2C(C#N)(C(=N)O3)C1(C#N)C#N. The Bertz CT molecular complexity index is 656. The highest BCUT2D eigenvalue weighted by Gasteiger charge is 2.79. The van der Waals surface area contributed by atoms with Gasteiger partial charge in [0.25, 0.3) is 0 Å². The molecule has 1 N–H and O–H groups in total. The van der Waals surface area contributed by atoms with Gasteiger partial charge in [-0.25, -0.2) is 0 Å². The van der Waals surface area contributed by atoms with E-state index in [1.165, 1.54) is 0 Å². The highest BCUT2D eigenvalue weighted by molar-refractivity contribution is 5.89. The number of ether oxygens (including phenoxy) is 2. The molecule has 3 fully saturated rings. The van der Waals surface area contributed by atoms with Crippen LogP contribution in [0, 0.1) is 56.2 Å². The van der Waals surface area contributed by atoms with Crippen molar-refractivity contribution in [3.8, 4) is 18.2 Å². The number of hydrogen-bond acceptors (Lipinski definition) is 6. The number of rotatable bonds is 2. The van der Waals surface area contributed by atoms with Crippen LogP contribution in [-0.4, -0.2) is 17.8 Å². The fraction of sp³-hybridized carbons (Fsp3) is 0.778. The average Bonchev–Trinajstić information content (AvgIpc) is 2.73. The summed E-state index contributed by atoms with van der Waals surface area (Å²) >= 11 is 0. The van der Waals surface area contributed by atoms with Crippen molar-refractivity contribution in [2.75, 3.05) is 0 Å². The van der Waals surface area contributed by atoms with Crippen LogP contribution in [0.2, 0.25) is 0 Å². The highest BCUT2D eigenvalue weighted by Crippen LogP contribution is 2.65. The molecule has 0 spiro atoms. The van der Waals surface area contributed by atoms with Crippen molar-refractivity contribution in [2.24, 2.45) is 16.7 Å². The molecule has 1 aliphatic carbocycles. The minimum absolute atomic E-state index is 0.251. The van der Waals surface area contributed by atoms with Gasteiger partial charge in [-0.1, -0.05) is 32.6 Å². The van der Waals surface area contributed by atoms with Crippen LogP contribution >= 0.6 is 0 Å². The van der Waals surface area contributed by atoms with Crippen molar-refractivity contribution in [1.82, 2.24) is 0 Å². The minimum atomic E-state index is -1.70. The van der Waals surface area contributed by atoms with E-state index in [2.05, 4.69) is 18.2 Å². The molecule has 3 aliphatic rings. The molecule has 2 heterocycles. The largest absolute Gasteiger partial charge is 0.447 e. The fourth-order valence-corrected chi connectivity index (χ4v) is 4.85. The van der Waals surface area contributed by atoms with Crippen molar-refractivity contribution < 1.29 is 9.47 Å². The van der Waals surface area contributed by atoms with Crippen molar-refractivity contribution in [2.45, 2.75) is 70.2 Å². The Morgan fingerprint density at radius 3 is 2.46 bits per heavy atom. The summed E-state index contributed by atoms with van der Waals surface area (Å²) in [5.74, 6) is -1.71. The molecule has 6 nitrogen and oxygen atoms in total. The van der Waals surface area contributed by atoms with Gasteiger partial charge in [-0.2, -0.15) is 15.8 Å². The zero-order valence-corrected chi connectivity index (χ0v) is 14.0. The van der Waals surface area contributed by atoms with Gasteiger partial charge in [-0.3, -0.25) is 5.41 Å². The van der Waals surface area contributed by atoms with E-state index >= 15 is 0 Å². The predicted molar refractivity (Wildman–Crippen MR) is 84.2 cm³/mol. The van der Waals surface area contributed by atoms with E-state index in [4.69, 9.17) is 14.9 Å². The Labute approximate surface area is 142 Å². The van der Waals surface area contributed by atoms with E-state index in [0.717, 1.165) is 32.1 Å². The Kier molecular flexibility index (Phi) is 4.02. The molecule has 3 rings (SSSR count). The van der Waals surface area contributed by atoms with Crippen LogP contribution in [0.3, 0.4) is 0 Å². The number of nitrogens with one attached hydrogen (secondary N) is 1. The van der Waals surface area contributed by atoms with Gasteiger partial charge in [0.2, 0.25) is 11.7 Å². The zero-order chi connectivity index (χ0) is 17.4. The van der Waals surface area contributed by atoms with Crippen LogP contribution in [0.25, 0.3) is 0 Å². The van der Waals surface area contributed by atoms with Gasteiger partial charge >= 0.3 is 0 Å². The van der Waals surface area contributed by atoms with Crippen molar-refractivity contribution in [3.63, 3.8) is 0 Å². The Morgan fingerprint density at radius 1 is 1.12 bits per heavy atom. The van der Waals surface area contributed by atoms with Crippen molar-refractivity contribution in [1.29, 1.82) is 21.2 Å². The Morgan fingerprint density at radius 2 is 1.83 bits per heavy atom. The lowest BCUT2D eigenvalue weighted by Crippen LogP contribution is -2.62. The molecule has 0 radical (unpaired) electrons. The molecule has 4 atom stereocenters. The van der Waals surface area contributed by atoms with Gasteiger partial charge in [0.1, 0.15) is 0 Å². The molecular weight excluding hydrogens is 304 g/mol. The Hall–Kier alpha value is -2.10. The van der Waals surface area contributed by atoms with Gasteiger partial charge < -0.3 is 9.47 Å². The van der Waals surface area contributed by atoms with E-state index in [-0.39, 0.29) is 5.90 Å². The monoisotopic (exact) mass is 326 g/mol. The standard InChI is InChI=1S/C18H22N4O2/c1-2-7-14-16(10-19,11-20)17(12-21)13-8-5-3-4-6-9-18(13,23-14)24-15(17)22/h13-14,22H,2-9H2,1H3. The van der Waals surface area contributed by atoms with Crippen LogP contribution in [0.5, 0.6) is 0 Å². The molecule has 0 aromatic rings. The van der Waals surface area contributed by atoms with Crippen LogP contribution in [0.1, 0.15) is 58.3 Å². The lowest BCUT2D eigenvalue weighted by molar-refractivity contribution is -0.287. The summed E-state index contributed by atoms with van der Waals surface area (Å²) in [6.45, 7) is 1.96. The van der Waals surface area contributed by atoms with Gasteiger partial charge in [0.15, 0.2) is 10.8 Å². The molecule has 24 heavy (non-hydrogen) atoms. The van der Waals surface area contributed by atoms with E-state index < -0.39 is 28.6 Å². The molecule has 6 heteroatoms. The highest BCUT2D eigenvalue weighted by atomic mass is 16.7. The molecule has 4 unspecified atom stereocenters. The van der Waals surface area contributed by atoms with Crippen LogP contribution in [0.4, 0.5) is 0 Å². The molecule has 0 amide bonds. The van der Waals surface area contributed by atoms with Crippen LogP contribution < -0.4 is 0 Å². The molecule has 0 aromatic carbocycles. The summed E-state index contributed by atoms with van der Waals surface area (Å²) in [4.78, 5) is 0. The molecule has 1 saturated carbocycles. The molecule has 2 bridgehead atoms. The molecule has 0 aromatic heterocycles. The molecule has 126 valence electrons. The van der Waals surface area contributed by atoms with Crippen molar-refractivity contribution in [3.05, 3.63) is 0 Å². The normalized spacial score (nSPS) is 40.0. The lowest BCUT2D eigenvalue weighted by Gasteiger charge is -2.50. The summed E-state index contributed by atoms with van der Waals surface area (Å²) in [6, 6.07) is 6.38. The van der Waals surface area contributed by atoms with E-state index in [9.17, 15) is 15.8 Å². The van der Waals surface area contributed by atoms with Crippen LogP contribution in [-0.2, 0) is 9.47 Å². The second kappa shape index (κ2) is 5.76. The number of nitriles is 3. The Balaban J connectivity index is 2.23. The van der Waals surface area contributed by atoms with Crippen LogP contribution in [0.15, 0.2) is 0 Å². The summed E-state index contributed by atoms with van der Waals surface area (Å²) in [6.07, 6.45) is 5.66. The fourth-order valence-electron chi connectivity index (χ4n) is 4.85. The minimum Gasteiger partial charge on any atom is -0.447 e. The maximum Gasteiger partial charge on any atom is 0.217 e. The second-order valence-electron chi connectivity index (χ2n) is 7.10. The van der Waals surface area contributed by atoms with Crippen molar-refractivity contribution >= 4 is 5.90 Å². The first-order valence-electron chi connectivity index (χ1n) is 8.76. The first kappa shape index (κ1) is 16.7. The third-order valence-corrected chi connectivity index (χ3v) is 5.98. The summed E-state index contributed by atoms with van der Waals surface area (Å²) in [5, 5.41) is 38.4. The predicted octanol–water partition coefficient (Wildman–Crippen LogP) is 3.40. The van der Waals surface area contributed by atoms with E-state index in [0.29, 0.717) is 19.3 Å². The first-order valence-corrected chi connectivity index (χ1v) is 8.76. The van der Waals surface area contributed by atoms with E-state index in [1.807, 2.05) is 6.92 Å². The summed E-state index contributed by atoms with van der Waals surface area (Å²) in [7, 11) is 0. The molecule has 2 aliphatic heterocycles.